The molecule has 96 valence electrons. The van der Waals surface area contributed by atoms with E-state index in [0.717, 1.165) is 4.68 Å². The summed E-state index contributed by atoms with van der Waals surface area (Å²) in [7, 11) is 0. The van der Waals surface area contributed by atoms with Gasteiger partial charge >= 0.3 is 6.18 Å². The number of nitrogens with zero attached hydrogens (tertiary/aromatic N) is 3. The van der Waals surface area contributed by atoms with Gasteiger partial charge < -0.3 is 5.73 Å². The van der Waals surface area contributed by atoms with Crippen molar-refractivity contribution in [2.45, 2.75) is 12.7 Å². The topological polar surface area (TPSA) is 56.7 Å². The van der Waals surface area contributed by atoms with Crippen molar-refractivity contribution in [1.29, 1.82) is 0 Å². The van der Waals surface area contributed by atoms with Crippen LogP contribution in [0.1, 0.15) is 0 Å². The molecule has 0 atom stereocenters. The number of anilines is 1. The molecule has 0 aliphatic rings. The van der Waals surface area contributed by atoms with Gasteiger partial charge in [-0.05, 0) is 12.1 Å². The van der Waals surface area contributed by atoms with Gasteiger partial charge in [0.05, 0.1) is 10.7 Å². The van der Waals surface area contributed by atoms with Crippen molar-refractivity contribution < 1.29 is 13.2 Å². The number of hydrogen-bond donors (Lipinski definition) is 1. The summed E-state index contributed by atoms with van der Waals surface area (Å²) in [6, 6.07) is 2.96. The third-order valence-electron chi connectivity index (χ3n) is 2.15. The maximum atomic E-state index is 12.2. The van der Waals surface area contributed by atoms with E-state index < -0.39 is 12.7 Å². The van der Waals surface area contributed by atoms with Gasteiger partial charge in [0.2, 0.25) is 0 Å². The maximum absolute atomic E-state index is 12.2. The molecule has 0 saturated heterocycles. The minimum atomic E-state index is -4.31. The molecule has 2 aromatic rings. The number of nitrogen functional groups attached to an aromatic ring is 1. The first-order chi connectivity index (χ1) is 8.35. The molecule has 2 rings (SSSR count). The van der Waals surface area contributed by atoms with Gasteiger partial charge in [0, 0.05) is 18.0 Å². The lowest BCUT2D eigenvalue weighted by Gasteiger charge is -2.05. The molecule has 0 unspecified atom stereocenters. The van der Waals surface area contributed by atoms with Crippen LogP contribution >= 0.6 is 11.6 Å². The Bertz CT molecular complexity index is 564. The van der Waals surface area contributed by atoms with Gasteiger partial charge in [0.25, 0.3) is 0 Å². The SMILES string of the molecule is Nc1ncc(-c2ccn(CC(F)(F)F)n2)cc1Cl. The highest BCUT2D eigenvalue weighted by atomic mass is 35.5. The predicted octanol–water partition coefficient (Wildman–Crippen LogP) is 2.74. The van der Waals surface area contributed by atoms with Crippen LogP contribution in [0, 0.1) is 0 Å². The Morgan fingerprint density at radius 2 is 2.11 bits per heavy atom. The lowest BCUT2D eigenvalue weighted by molar-refractivity contribution is -0.142. The summed E-state index contributed by atoms with van der Waals surface area (Å²) >= 11 is 5.77. The fourth-order valence-electron chi connectivity index (χ4n) is 1.38. The van der Waals surface area contributed by atoms with Crippen LogP contribution < -0.4 is 5.73 Å². The highest BCUT2D eigenvalue weighted by molar-refractivity contribution is 6.33. The maximum Gasteiger partial charge on any atom is 0.408 e. The van der Waals surface area contributed by atoms with Crippen molar-refractivity contribution in [2.75, 3.05) is 5.73 Å². The Labute approximate surface area is 105 Å². The number of nitrogens with two attached hydrogens (primary N) is 1. The van der Waals surface area contributed by atoms with E-state index in [1.807, 2.05) is 0 Å². The predicted molar refractivity (Wildman–Crippen MR) is 60.9 cm³/mol. The Morgan fingerprint density at radius 1 is 1.39 bits per heavy atom. The van der Waals surface area contributed by atoms with Crippen LogP contribution in [0.15, 0.2) is 24.5 Å². The first-order valence-electron chi connectivity index (χ1n) is 4.87. The molecule has 2 aromatic heterocycles. The van der Waals surface area contributed by atoms with Crippen LogP contribution in [0.25, 0.3) is 11.3 Å². The summed E-state index contributed by atoms with van der Waals surface area (Å²) in [6.45, 7) is -1.14. The van der Waals surface area contributed by atoms with Crippen LogP contribution in [0.5, 0.6) is 0 Å². The second-order valence-corrected chi connectivity index (χ2v) is 4.01. The molecule has 2 heterocycles. The van der Waals surface area contributed by atoms with Crippen molar-refractivity contribution in [3.63, 3.8) is 0 Å². The molecule has 0 fully saturated rings. The normalized spacial score (nSPS) is 11.8. The zero-order valence-corrected chi connectivity index (χ0v) is 9.70. The first-order valence-corrected chi connectivity index (χ1v) is 5.24. The molecule has 4 nitrogen and oxygen atoms in total. The second-order valence-electron chi connectivity index (χ2n) is 3.60. The lowest BCUT2D eigenvalue weighted by atomic mass is 10.2. The van der Waals surface area contributed by atoms with E-state index >= 15 is 0 Å². The second kappa shape index (κ2) is 4.49. The van der Waals surface area contributed by atoms with E-state index in [4.69, 9.17) is 17.3 Å². The number of rotatable bonds is 2. The van der Waals surface area contributed by atoms with Gasteiger partial charge in [-0.15, -0.1) is 0 Å². The first kappa shape index (κ1) is 12.7. The average molecular weight is 277 g/mol. The van der Waals surface area contributed by atoms with Crippen LogP contribution in [-0.4, -0.2) is 20.9 Å². The number of hydrogen-bond acceptors (Lipinski definition) is 3. The van der Waals surface area contributed by atoms with Crippen molar-refractivity contribution in [1.82, 2.24) is 14.8 Å². The molecule has 0 aliphatic heterocycles. The Morgan fingerprint density at radius 3 is 2.72 bits per heavy atom. The molecule has 0 aliphatic carbocycles. The largest absolute Gasteiger partial charge is 0.408 e. The van der Waals surface area contributed by atoms with Gasteiger partial charge in [-0.1, -0.05) is 11.6 Å². The van der Waals surface area contributed by atoms with E-state index in [-0.39, 0.29) is 10.8 Å². The summed E-state index contributed by atoms with van der Waals surface area (Å²) in [5, 5.41) is 4.03. The number of aromatic nitrogens is 3. The Hall–Kier alpha value is -1.76. The number of pyridine rings is 1. The summed E-state index contributed by atoms with van der Waals surface area (Å²) in [5.74, 6) is 0.162. The average Bonchev–Trinajstić information content (AvgIpc) is 2.68. The quantitative estimate of drug-likeness (QED) is 0.917. The monoisotopic (exact) mass is 276 g/mol. The van der Waals surface area contributed by atoms with Crippen LogP contribution in [0.4, 0.5) is 19.0 Å². The van der Waals surface area contributed by atoms with Gasteiger partial charge in [-0.2, -0.15) is 18.3 Å². The molecule has 0 saturated carbocycles. The summed E-state index contributed by atoms with van der Waals surface area (Å²) in [6.07, 6.45) is -1.66. The summed E-state index contributed by atoms with van der Waals surface area (Å²) < 4.78 is 37.3. The van der Waals surface area contributed by atoms with Gasteiger partial charge in [0.15, 0.2) is 0 Å². The minimum absolute atomic E-state index is 0.162. The van der Waals surface area contributed by atoms with E-state index in [1.54, 1.807) is 0 Å². The molecule has 0 spiro atoms. The fourth-order valence-corrected chi connectivity index (χ4v) is 1.54. The molecule has 2 N–H and O–H groups in total. The highest BCUT2D eigenvalue weighted by Crippen LogP contribution is 2.24. The van der Waals surface area contributed by atoms with Crippen molar-refractivity contribution in [3.8, 4) is 11.3 Å². The van der Waals surface area contributed by atoms with E-state index in [1.165, 1.54) is 24.5 Å². The zero-order chi connectivity index (χ0) is 13.3. The standard InChI is InChI=1S/C10H8ClF3N4/c11-7-3-6(4-16-9(7)15)8-1-2-18(17-8)5-10(12,13)14/h1-4H,5H2,(H2,15,16). The zero-order valence-electron chi connectivity index (χ0n) is 8.95. The molecule has 0 amide bonds. The molecular formula is C10H8ClF3N4. The Kier molecular flexibility index (Phi) is 3.16. The van der Waals surface area contributed by atoms with E-state index in [9.17, 15) is 13.2 Å². The molecule has 0 aromatic carbocycles. The number of halogens is 4. The van der Waals surface area contributed by atoms with E-state index in [2.05, 4.69) is 10.1 Å². The summed E-state index contributed by atoms with van der Waals surface area (Å²) in [5.41, 5.74) is 6.30. The van der Waals surface area contributed by atoms with Gasteiger partial charge in [-0.25, -0.2) is 4.98 Å². The molecule has 8 heteroatoms. The lowest BCUT2D eigenvalue weighted by Crippen LogP contribution is -2.17. The van der Waals surface area contributed by atoms with Gasteiger partial charge in [-0.3, -0.25) is 4.68 Å². The third-order valence-corrected chi connectivity index (χ3v) is 2.45. The van der Waals surface area contributed by atoms with Crippen molar-refractivity contribution >= 4 is 17.4 Å². The molecular weight excluding hydrogens is 269 g/mol. The molecule has 0 bridgehead atoms. The van der Waals surface area contributed by atoms with Crippen LogP contribution in [-0.2, 0) is 6.54 Å². The Balaban J connectivity index is 2.26. The third kappa shape index (κ3) is 2.92. The molecule has 0 radical (unpaired) electrons. The molecule has 18 heavy (non-hydrogen) atoms. The van der Waals surface area contributed by atoms with Crippen molar-refractivity contribution in [2.24, 2.45) is 0 Å². The van der Waals surface area contributed by atoms with E-state index in [0.29, 0.717) is 11.3 Å². The van der Waals surface area contributed by atoms with Crippen LogP contribution in [0.3, 0.4) is 0 Å². The van der Waals surface area contributed by atoms with Crippen LogP contribution in [0.2, 0.25) is 5.02 Å². The van der Waals surface area contributed by atoms with Crippen molar-refractivity contribution in [3.05, 3.63) is 29.5 Å². The van der Waals surface area contributed by atoms with Gasteiger partial charge in [0.1, 0.15) is 12.4 Å². The smallest absolute Gasteiger partial charge is 0.382 e. The fraction of sp³-hybridized carbons (Fsp3) is 0.200. The highest BCUT2D eigenvalue weighted by Gasteiger charge is 2.28. The minimum Gasteiger partial charge on any atom is -0.382 e. The summed E-state index contributed by atoms with van der Waals surface area (Å²) in [4.78, 5) is 3.81. The number of alkyl halides is 3.